The summed E-state index contributed by atoms with van der Waals surface area (Å²) in [5.41, 5.74) is -1.55. The molecule has 14 heteroatoms. The van der Waals surface area contributed by atoms with Crippen molar-refractivity contribution < 1.29 is 46.0 Å². The molecule has 0 spiro atoms. The first-order valence-electron chi connectivity index (χ1n) is 14.3. The number of ether oxygens (including phenoxy) is 1. The van der Waals surface area contributed by atoms with Crippen LogP contribution >= 0.6 is 0 Å². The molecule has 5 atom stereocenters. The van der Waals surface area contributed by atoms with Gasteiger partial charge in [-0.15, -0.1) is 0 Å². The highest BCUT2D eigenvalue weighted by atomic mass is 32.2. The first kappa shape index (κ1) is 33.7. The van der Waals surface area contributed by atoms with Crippen LogP contribution in [0.3, 0.4) is 0 Å². The number of hydrogen-bond acceptors (Lipinski definition) is 7. The monoisotopic (exact) mass is 617 g/mol. The van der Waals surface area contributed by atoms with Gasteiger partial charge in [-0.1, -0.05) is 44.2 Å². The number of rotatable bonds is 13. The van der Waals surface area contributed by atoms with Crippen LogP contribution in [-0.2, 0) is 30.9 Å². The number of aliphatic hydroxyl groups excluding tert-OH is 1. The molecule has 5 N–H and O–H groups in total. The molecule has 1 aliphatic carbocycles. The fourth-order valence-corrected chi connectivity index (χ4v) is 6.11. The second kappa shape index (κ2) is 14.6. The molecule has 236 valence electrons. The van der Waals surface area contributed by atoms with Gasteiger partial charge in [-0.25, -0.2) is 13.6 Å². The molecule has 11 nitrogen and oxygen atoms in total. The van der Waals surface area contributed by atoms with Crippen LogP contribution in [0, 0.1) is 17.8 Å². The highest BCUT2D eigenvalue weighted by molar-refractivity contribution is 7.86. The van der Waals surface area contributed by atoms with Crippen molar-refractivity contribution in [3.63, 3.8) is 0 Å². The molecule has 0 aromatic heterocycles. The van der Waals surface area contributed by atoms with Crippen LogP contribution in [-0.4, -0.2) is 72.1 Å². The zero-order valence-corrected chi connectivity index (χ0v) is 24.6. The first-order valence-corrected chi connectivity index (χ1v) is 15.8. The number of alkyl carbamates (subject to hydrolysis) is 1. The fraction of sp³-hybridized carbons (Fsp3) is 0.679. The summed E-state index contributed by atoms with van der Waals surface area (Å²) in [6.45, 7) is 3.93. The van der Waals surface area contributed by atoms with Gasteiger partial charge in [0.05, 0.1) is 6.04 Å². The van der Waals surface area contributed by atoms with E-state index in [2.05, 4.69) is 16.0 Å². The number of nitrogens with one attached hydrogen (secondary N) is 3. The predicted molar refractivity (Wildman–Crippen MR) is 149 cm³/mol. The summed E-state index contributed by atoms with van der Waals surface area (Å²) in [4.78, 5) is 38.5. The maximum absolute atomic E-state index is 13.8. The standard InChI is InChI=1S/C28H41F2N3O8S/c1-17(2)14-21(25(35)32-22(26(36)42(38,39)40)16-20-10-13-31-24(20)34)33-27(37)41-23(15-18-6-4-3-5-7-18)19-8-11-28(29,30)12-9-19/h3-7,17,19-23,26,36H,8-16H2,1-2H3,(H,31,34)(H,32,35)(H,33,37)(H,38,39,40). The lowest BCUT2D eigenvalue weighted by Crippen LogP contribution is -2.55. The van der Waals surface area contributed by atoms with E-state index in [1.54, 1.807) is 13.8 Å². The molecule has 1 aromatic carbocycles. The lowest BCUT2D eigenvalue weighted by molar-refractivity contribution is -0.126. The summed E-state index contributed by atoms with van der Waals surface area (Å²) < 4.78 is 66.3. The number of halogens is 2. The maximum atomic E-state index is 13.8. The van der Waals surface area contributed by atoms with Crippen LogP contribution in [0.1, 0.15) is 64.4 Å². The summed E-state index contributed by atoms with van der Waals surface area (Å²) in [6.07, 6.45) is -1.50. The molecule has 0 bridgehead atoms. The highest BCUT2D eigenvalue weighted by Crippen LogP contribution is 2.39. The number of alkyl halides is 2. The summed E-state index contributed by atoms with van der Waals surface area (Å²) in [5.74, 6) is -5.12. The van der Waals surface area contributed by atoms with E-state index < -0.39 is 57.6 Å². The molecule has 2 fully saturated rings. The third-order valence-corrected chi connectivity index (χ3v) is 8.76. The van der Waals surface area contributed by atoms with Gasteiger partial charge in [0, 0.05) is 31.7 Å². The van der Waals surface area contributed by atoms with E-state index in [1.165, 1.54) is 0 Å². The van der Waals surface area contributed by atoms with Gasteiger partial charge in [-0.05, 0) is 49.5 Å². The van der Waals surface area contributed by atoms with Crippen LogP contribution < -0.4 is 16.0 Å². The van der Waals surface area contributed by atoms with E-state index in [-0.39, 0.29) is 62.7 Å². The summed E-state index contributed by atoms with van der Waals surface area (Å²) >= 11 is 0. The van der Waals surface area contributed by atoms with Gasteiger partial charge in [0.1, 0.15) is 12.1 Å². The van der Waals surface area contributed by atoms with E-state index >= 15 is 0 Å². The van der Waals surface area contributed by atoms with Crippen molar-refractivity contribution in [1.82, 2.24) is 16.0 Å². The fourth-order valence-electron chi connectivity index (χ4n) is 5.52. The smallest absolute Gasteiger partial charge is 0.408 e. The molecule has 2 aliphatic rings. The molecule has 3 amide bonds. The normalized spacial score (nSPS) is 22.1. The number of benzene rings is 1. The number of carbonyl (C=O) groups excluding carboxylic acids is 3. The Hall–Kier alpha value is -2.84. The summed E-state index contributed by atoms with van der Waals surface area (Å²) in [5, 5.41) is 17.8. The Labute approximate surface area is 244 Å². The Kier molecular flexibility index (Phi) is 11.7. The van der Waals surface area contributed by atoms with Crippen molar-refractivity contribution in [1.29, 1.82) is 0 Å². The van der Waals surface area contributed by atoms with Crippen LogP contribution in [0.4, 0.5) is 13.6 Å². The van der Waals surface area contributed by atoms with Gasteiger partial charge in [0.25, 0.3) is 10.1 Å². The van der Waals surface area contributed by atoms with E-state index in [9.17, 15) is 41.2 Å². The van der Waals surface area contributed by atoms with E-state index in [1.807, 2.05) is 30.3 Å². The number of aliphatic hydroxyl groups is 1. The van der Waals surface area contributed by atoms with Gasteiger partial charge in [0.15, 0.2) is 0 Å². The Morgan fingerprint density at radius 3 is 2.31 bits per heavy atom. The molecule has 5 unspecified atom stereocenters. The Balaban J connectivity index is 1.74. The van der Waals surface area contributed by atoms with Crippen LogP contribution in [0.2, 0.25) is 0 Å². The minimum absolute atomic E-state index is 0.110. The number of carbonyl (C=O) groups is 3. The molecular formula is C28H41F2N3O8S. The Bertz CT molecular complexity index is 1170. The Morgan fingerprint density at radius 1 is 1.12 bits per heavy atom. The molecule has 1 aliphatic heterocycles. The summed E-state index contributed by atoms with van der Waals surface area (Å²) in [6, 6.07) is 6.38. The minimum Gasteiger partial charge on any atom is -0.446 e. The molecule has 42 heavy (non-hydrogen) atoms. The third kappa shape index (κ3) is 10.2. The highest BCUT2D eigenvalue weighted by Gasteiger charge is 2.40. The van der Waals surface area contributed by atoms with E-state index in [4.69, 9.17) is 4.74 Å². The zero-order valence-electron chi connectivity index (χ0n) is 23.8. The van der Waals surface area contributed by atoms with Crippen molar-refractivity contribution in [3.8, 4) is 0 Å². The molecule has 1 heterocycles. The van der Waals surface area contributed by atoms with Crippen molar-refractivity contribution in [3.05, 3.63) is 35.9 Å². The van der Waals surface area contributed by atoms with Crippen LogP contribution in [0.5, 0.6) is 0 Å². The summed E-state index contributed by atoms with van der Waals surface area (Å²) in [7, 11) is -5.00. The quantitative estimate of drug-likeness (QED) is 0.210. The maximum Gasteiger partial charge on any atom is 0.408 e. The van der Waals surface area contributed by atoms with Crippen LogP contribution in [0.15, 0.2) is 30.3 Å². The van der Waals surface area contributed by atoms with Gasteiger partial charge in [-0.3, -0.25) is 14.1 Å². The third-order valence-electron chi connectivity index (χ3n) is 7.82. The Morgan fingerprint density at radius 2 is 1.76 bits per heavy atom. The topological polar surface area (TPSA) is 171 Å². The van der Waals surface area contributed by atoms with Crippen molar-refractivity contribution >= 4 is 28.0 Å². The van der Waals surface area contributed by atoms with Crippen molar-refractivity contribution in [2.24, 2.45) is 17.8 Å². The van der Waals surface area contributed by atoms with Gasteiger partial charge >= 0.3 is 6.09 Å². The SMILES string of the molecule is CC(C)CC(NC(=O)OC(Cc1ccccc1)C1CCC(F)(F)CC1)C(=O)NC(CC1CCNC1=O)C(O)S(=O)(=O)O. The first-order chi connectivity index (χ1) is 19.6. The number of hydrogen-bond donors (Lipinski definition) is 5. The van der Waals surface area contributed by atoms with E-state index in [0.29, 0.717) is 13.0 Å². The molecule has 0 radical (unpaired) electrons. The molecule has 1 aromatic rings. The van der Waals surface area contributed by atoms with Crippen LogP contribution in [0.25, 0.3) is 0 Å². The van der Waals surface area contributed by atoms with E-state index in [0.717, 1.165) is 5.56 Å². The average Bonchev–Trinajstić information content (AvgIpc) is 3.30. The van der Waals surface area contributed by atoms with Gasteiger partial charge in [-0.2, -0.15) is 8.42 Å². The minimum atomic E-state index is -5.00. The zero-order chi connectivity index (χ0) is 31.1. The lowest BCUT2D eigenvalue weighted by atomic mass is 9.81. The molecule has 1 saturated heterocycles. The van der Waals surface area contributed by atoms with Gasteiger partial charge in [0.2, 0.25) is 23.2 Å². The largest absolute Gasteiger partial charge is 0.446 e. The second-order valence-corrected chi connectivity index (χ2v) is 13.2. The van der Waals surface area contributed by atoms with Crippen molar-refractivity contribution in [2.75, 3.05) is 6.54 Å². The lowest BCUT2D eigenvalue weighted by Gasteiger charge is -2.34. The molecule has 1 saturated carbocycles. The van der Waals surface area contributed by atoms with Gasteiger partial charge < -0.3 is 25.8 Å². The second-order valence-electron chi connectivity index (χ2n) is 11.7. The van der Waals surface area contributed by atoms with Crippen molar-refractivity contribution in [2.45, 2.75) is 94.8 Å². The molecular weight excluding hydrogens is 576 g/mol. The predicted octanol–water partition coefficient (Wildman–Crippen LogP) is 2.78. The molecule has 3 rings (SSSR count). The average molecular weight is 618 g/mol. The number of amides is 3.